The number of aromatic nitrogens is 1. The zero-order valence-electron chi connectivity index (χ0n) is 13.1. The number of thiol groups is 1. The van der Waals surface area contributed by atoms with Gasteiger partial charge in [-0.2, -0.15) is 0 Å². The van der Waals surface area contributed by atoms with E-state index in [0.717, 1.165) is 11.3 Å². The fourth-order valence-corrected chi connectivity index (χ4v) is 3.78. The van der Waals surface area contributed by atoms with Crippen LogP contribution in [0.2, 0.25) is 4.47 Å². The predicted molar refractivity (Wildman–Crippen MR) is 99.4 cm³/mol. The van der Waals surface area contributed by atoms with Crippen LogP contribution >= 0.6 is 35.8 Å². The SMILES string of the molecule is CN1C(=O)C(c2ccccc2)=C(O)N(S)C1CC(=O)c1cnc(Cl)s1. The number of ketones is 1. The number of carbonyl (C=O) groups excluding carboxylic acids is 2. The van der Waals surface area contributed by atoms with Gasteiger partial charge in [0.2, 0.25) is 5.88 Å². The second kappa shape index (κ2) is 7.07. The molecule has 0 spiro atoms. The summed E-state index contributed by atoms with van der Waals surface area (Å²) in [6.07, 6.45) is 0.626. The van der Waals surface area contributed by atoms with Gasteiger partial charge in [0.25, 0.3) is 5.91 Å². The fourth-order valence-electron chi connectivity index (χ4n) is 2.56. The van der Waals surface area contributed by atoms with Gasteiger partial charge in [-0.3, -0.25) is 13.9 Å². The molecule has 0 aliphatic carbocycles. The van der Waals surface area contributed by atoms with E-state index in [2.05, 4.69) is 17.8 Å². The number of amides is 1. The summed E-state index contributed by atoms with van der Waals surface area (Å²) in [7, 11) is 1.57. The lowest BCUT2D eigenvalue weighted by Crippen LogP contribution is -2.50. The van der Waals surface area contributed by atoms with Gasteiger partial charge in [-0.25, -0.2) is 4.98 Å². The minimum Gasteiger partial charge on any atom is -0.493 e. The first-order chi connectivity index (χ1) is 11.9. The zero-order valence-corrected chi connectivity index (χ0v) is 15.6. The lowest BCUT2D eigenvalue weighted by Gasteiger charge is -2.39. The van der Waals surface area contributed by atoms with Crippen molar-refractivity contribution in [1.29, 1.82) is 0 Å². The third kappa shape index (κ3) is 3.37. The molecule has 0 bridgehead atoms. The molecule has 1 N–H and O–H groups in total. The van der Waals surface area contributed by atoms with Gasteiger partial charge in [-0.1, -0.05) is 66.1 Å². The Morgan fingerprint density at radius 1 is 1.40 bits per heavy atom. The molecule has 6 nitrogen and oxygen atoms in total. The van der Waals surface area contributed by atoms with Gasteiger partial charge >= 0.3 is 0 Å². The molecule has 1 aliphatic heterocycles. The molecule has 25 heavy (non-hydrogen) atoms. The summed E-state index contributed by atoms with van der Waals surface area (Å²) in [4.78, 5) is 30.7. The second-order valence-electron chi connectivity index (χ2n) is 5.41. The van der Waals surface area contributed by atoms with Gasteiger partial charge in [0, 0.05) is 7.05 Å². The van der Waals surface area contributed by atoms with Crippen LogP contribution in [0.5, 0.6) is 0 Å². The van der Waals surface area contributed by atoms with E-state index in [9.17, 15) is 14.7 Å². The van der Waals surface area contributed by atoms with Gasteiger partial charge in [0.1, 0.15) is 11.7 Å². The van der Waals surface area contributed by atoms with Gasteiger partial charge in [-0.15, -0.1) is 0 Å². The van der Waals surface area contributed by atoms with E-state index < -0.39 is 6.17 Å². The Hall–Kier alpha value is -2.03. The lowest BCUT2D eigenvalue weighted by molar-refractivity contribution is -0.129. The number of benzene rings is 1. The fraction of sp³-hybridized carbons (Fsp3) is 0.188. The number of hydrogen-bond donors (Lipinski definition) is 2. The largest absolute Gasteiger partial charge is 0.493 e. The van der Waals surface area contributed by atoms with E-state index in [1.165, 1.54) is 15.4 Å². The summed E-state index contributed by atoms with van der Waals surface area (Å²) in [6.45, 7) is 0. The van der Waals surface area contributed by atoms with Crippen LogP contribution in [0.4, 0.5) is 0 Å². The van der Waals surface area contributed by atoms with Crippen LogP contribution in [0, 0.1) is 0 Å². The first-order valence-corrected chi connectivity index (χ1v) is 8.88. The molecule has 1 aliphatic rings. The van der Waals surface area contributed by atoms with Crippen molar-refractivity contribution >= 4 is 53.0 Å². The number of halogens is 1. The molecule has 0 saturated carbocycles. The smallest absolute Gasteiger partial charge is 0.261 e. The number of carbonyl (C=O) groups is 2. The van der Waals surface area contributed by atoms with Crippen LogP contribution in [0.25, 0.3) is 5.57 Å². The van der Waals surface area contributed by atoms with Crippen LogP contribution in [0.3, 0.4) is 0 Å². The number of nitrogens with zero attached hydrogens (tertiary/aromatic N) is 3. The van der Waals surface area contributed by atoms with Crippen molar-refractivity contribution in [2.24, 2.45) is 0 Å². The molecule has 3 rings (SSSR count). The third-order valence-corrected chi connectivity index (χ3v) is 5.50. The minimum absolute atomic E-state index is 0.0452. The molecule has 1 amide bonds. The Morgan fingerprint density at radius 2 is 2.08 bits per heavy atom. The molecule has 0 saturated heterocycles. The molecule has 1 unspecified atom stereocenters. The van der Waals surface area contributed by atoms with Crippen molar-refractivity contribution in [3.8, 4) is 0 Å². The number of likely N-dealkylation sites (N-methyl/N-ethyl adjacent to an activating group) is 1. The topological polar surface area (TPSA) is 73.7 Å². The van der Waals surface area contributed by atoms with Crippen molar-refractivity contribution in [3.63, 3.8) is 0 Å². The van der Waals surface area contributed by atoms with Crippen molar-refractivity contribution < 1.29 is 14.7 Å². The summed E-state index contributed by atoms with van der Waals surface area (Å²) < 4.78 is 1.50. The lowest BCUT2D eigenvalue weighted by atomic mass is 10.0. The Morgan fingerprint density at radius 3 is 2.68 bits per heavy atom. The summed E-state index contributed by atoms with van der Waals surface area (Å²) >= 11 is 11.1. The van der Waals surface area contributed by atoms with Gasteiger partial charge in [0.15, 0.2) is 10.3 Å². The molecule has 0 fully saturated rings. The van der Waals surface area contributed by atoms with Gasteiger partial charge in [0.05, 0.1) is 17.5 Å². The summed E-state index contributed by atoms with van der Waals surface area (Å²) in [5, 5.41) is 10.5. The van der Waals surface area contributed by atoms with Crippen LogP contribution in [-0.4, -0.2) is 44.2 Å². The Balaban J connectivity index is 1.90. The highest BCUT2D eigenvalue weighted by Crippen LogP contribution is 2.32. The molecule has 2 aromatic rings. The maximum atomic E-state index is 12.7. The molecule has 130 valence electrons. The number of aliphatic hydroxyl groups excluding tert-OH is 1. The molecular formula is C16H14ClN3O3S2. The average molecular weight is 396 g/mol. The molecule has 0 radical (unpaired) electrons. The van der Waals surface area contributed by atoms with Gasteiger partial charge in [-0.05, 0) is 5.56 Å². The Bertz CT molecular complexity index is 853. The first-order valence-electron chi connectivity index (χ1n) is 7.28. The molecule has 1 aromatic carbocycles. The highest BCUT2D eigenvalue weighted by atomic mass is 35.5. The van der Waals surface area contributed by atoms with Crippen molar-refractivity contribution in [1.82, 2.24) is 14.2 Å². The number of rotatable bonds is 4. The third-order valence-electron chi connectivity index (χ3n) is 3.89. The first kappa shape index (κ1) is 17.8. The monoisotopic (exact) mass is 395 g/mol. The van der Waals surface area contributed by atoms with Crippen molar-refractivity contribution in [3.05, 3.63) is 57.3 Å². The quantitative estimate of drug-likeness (QED) is 0.614. The van der Waals surface area contributed by atoms with E-state index in [1.807, 2.05) is 6.07 Å². The summed E-state index contributed by atoms with van der Waals surface area (Å²) in [6, 6.07) is 8.81. The molecular weight excluding hydrogens is 382 g/mol. The maximum absolute atomic E-state index is 12.7. The van der Waals surface area contributed by atoms with Crippen LogP contribution < -0.4 is 0 Å². The van der Waals surface area contributed by atoms with E-state index in [0.29, 0.717) is 10.4 Å². The molecule has 2 heterocycles. The predicted octanol–water partition coefficient (Wildman–Crippen LogP) is 3.24. The normalized spacial score (nSPS) is 18.0. The number of aliphatic hydroxyl groups is 1. The van der Waals surface area contributed by atoms with Crippen molar-refractivity contribution in [2.75, 3.05) is 7.05 Å². The number of thiazole rings is 1. The van der Waals surface area contributed by atoms with E-state index in [4.69, 9.17) is 11.6 Å². The van der Waals surface area contributed by atoms with Gasteiger partial charge < -0.3 is 10.0 Å². The summed E-state index contributed by atoms with van der Waals surface area (Å²) in [5.74, 6) is -0.893. The standard InChI is InChI=1S/C16H14ClN3O3S2/c1-19-12(7-10(21)11-8-18-16(17)25-11)20(24)15(23)13(14(19)22)9-5-3-2-4-6-9/h2-6,8,12,23-24H,7H2,1H3. The van der Waals surface area contributed by atoms with Crippen LogP contribution in [0.15, 0.2) is 42.4 Å². The number of hydrogen-bond acceptors (Lipinski definition) is 7. The minimum atomic E-state index is -0.725. The number of Topliss-reactive ketones (excluding diaryl/α,β-unsaturated/α-hetero) is 1. The van der Waals surface area contributed by atoms with Crippen LogP contribution in [0.1, 0.15) is 21.7 Å². The maximum Gasteiger partial charge on any atom is 0.261 e. The average Bonchev–Trinajstić information content (AvgIpc) is 3.04. The highest BCUT2D eigenvalue weighted by Gasteiger charge is 2.38. The molecule has 9 heteroatoms. The second-order valence-corrected chi connectivity index (χ2v) is 7.45. The van der Waals surface area contributed by atoms with E-state index in [1.54, 1.807) is 31.3 Å². The summed E-state index contributed by atoms with van der Waals surface area (Å²) in [5.41, 5.74) is 0.720. The van der Waals surface area contributed by atoms with E-state index in [-0.39, 0.29) is 34.0 Å². The molecule has 1 aromatic heterocycles. The Kier molecular flexibility index (Phi) is 5.03. The van der Waals surface area contributed by atoms with E-state index >= 15 is 0 Å². The van der Waals surface area contributed by atoms with Crippen LogP contribution in [-0.2, 0) is 4.79 Å². The molecule has 1 atom stereocenters. The highest BCUT2D eigenvalue weighted by molar-refractivity contribution is 7.77. The zero-order chi connectivity index (χ0) is 18.1. The Labute approximate surface area is 158 Å². The van der Waals surface area contributed by atoms with Crippen molar-refractivity contribution in [2.45, 2.75) is 12.6 Å².